The van der Waals surface area contributed by atoms with Gasteiger partial charge in [0.1, 0.15) is 4.49 Å². The zero-order valence-corrected chi connectivity index (χ0v) is 11.3. The van der Waals surface area contributed by atoms with Crippen LogP contribution in [-0.4, -0.2) is 24.3 Å². The van der Waals surface area contributed by atoms with Crippen molar-refractivity contribution in [3.05, 3.63) is 10.1 Å². The molecule has 2 atom stereocenters. The number of aliphatic hydroxyl groups is 1. The van der Waals surface area contributed by atoms with E-state index in [-0.39, 0.29) is 6.61 Å². The van der Waals surface area contributed by atoms with Gasteiger partial charge in [-0.05, 0) is 43.7 Å². The highest BCUT2D eigenvalue weighted by atomic mass is 35.5. The molecule has 0 heterocycles. The Labute approximate surface area is 108 Å². The molecule has 0 amide bonds. The second-order valence-corrected chi connectivity index (χ2v) is 5.56. The van der Waals surface area contributed by atoms with Crippen LogP contribution in [0, 0.1) is 5.92 Å². The lowest BCUT2D eigenvalue weighted by molar-refractivity contribution is 0.257. The highest BCUT2D eigenvalue weighted by Crippen LogP contribution is 2.29. The first-order valence-corrected chi connectivity index (χ1v) is 6.79. The monoisotopic (exact) mass is 265 g/mol. The highest BCUT2D eigenvalue weighted by Gasteiger charge is 2.21. The van der Waals surface area contributed by atoms with E-state index in [0.29, 0.717) is 16.5 Å². The Kier molecular flexibility index (Phi) is 6.74. The number of hydrogen-bond donors (Lipinski definition) is 2. The Morgan fingerprint density at radius 1 is 1.50 bits per heavy atom. The number of nitrogens with one attached hydrogen (secondary N) is 1. The van der Waals surface area contributed by atoms with Gasteiger partial charge in [0.25, 0.3) is 0 Å². The van der Waals surface area contributed by atoms with E-state index in [1.807, 2.05) is 0 Å². The molecule has 1 saturated carbocycles. The molecule has 16 heavy (non-hydrogen) atoms. The van der Waals surface area contributed by atoms with Gasteiger partial charge in [-0.1, -0.05) is 36.5 Å². The molecule has 0 spiro atoms. The fourth-order valence-corrected chi connectivity index (χ4v) is 2.58. The summed E-state index contributed by atoms with van der Waals surface area (Å²) in [6.45, 7) is 3.31. The summed E-state index contributed by atoms with van der Waals surface area (Å²) in [6, 6.07) is 0.333. The second-order valence-electron chi connectivity index (χ2n) is 4.61. The lowest BCUT2D eigenvalue weighted by Crippen LogP contribution is -2.36. The van der Waals surface area contributed by atoms with E-state index in [1.165, 1.54) is 12.8 Å². The molecule has 2 N–H and O–H groups in total. The number of aliphatic hydroxyl groups excluding tert-OH is 1. The van der Waals surface area contributed by atoms with Crippen molar-refractivity contribution in [1.82, 2.24) is 5.32 Å². The summed E-state index contributed by atoms with van der Waals surface area (Å²) in [6.07, 6.45) is 5.38. The maximum absolute atomic E-state index is 8.83. The highest BCUT2D eigenvalue weighted by molar-refractivity contribution is 6.56. The molecule has 0 radical (unpaired) electrons. The molecular weight excluding hydrogens is 245 g/mol. The summed E-state index contributed by atoms with van der Waals surface area (Å²) >= 11 is 11.8. The fourth-order valence-electron chi connectivity index (χ4n) is 2.13. The van der Waals surface area contributed by atoms with E-state index in [9.17, 15) is 0 Å². The van der Waals surface area contributed by atoms with Crippen LogP contribution in [0.15, 0.2) is 10.1 Å². The molecule has 2 nitrogen and oxygen atoms in total. The van der Waals surface area contributed by atoms with Gasteiger partial charge >= 0.3 is 0 Å². The third-order valence-electron chi connectivity index (χ3n) is 3.19. The van der Waals surface area contributed by atoms with Crippen LogP contribution in [0.3, 0.4) is 0 Å². The quantitative estimate of drug-likeness (QED) is 0.800. The van der Waals surface area contributed by atoms with Crippen molar-refractivity contribution in [2.75, 3.05) is 13.2 Å². The van der Waals surface area contributed by atoms with Gasteiger partial charge in [-0.3, -0.25) is 0 Å². The molecule has 0 aromatic heterocycles. The Bertz CT molecular complexity index is 239. The Morgan fingerprint density at radius 3 is 2.88 bits per heavy atom. The standard InChI is InChI=1S/C12H21Cl2NO/c1-9(6-7-16)8-15-11-5-3-2-4-10(11)12(13)14/h9,11,15-16H,2-8H2,1H3. The molecule has 0 aromatic rings. The fraction of sp³-hybridized carbons (Fsp3) is 0.833. The van der Waals surface area contributed by atoms with Gasteiger partial charge in [0.05, 0.1) is 0 Å². The molecule has 2 unspecified atom stereocenters. The first-order chi connectivity index (χ1) is 7.65. The van der Waals surface area contributed by atoms with Crippen LogP contribution in [0.5, 0.6) is 0 Å². The first-order valence-electron chi connectivity index (χ1n) is 6.03. The molecule has 1 fully saturated rings. The summed E-state index contributed by atoms with van der Waals surface area (Å²) in [5.41, 5.74) is 1.16. The van der Waals surface area contributed by atoms with Gasteiger partial charge in [-0.15, -0.1) is 0 Å². The predicted molar refractivity (Wildman–Crippen MR) is 69.9 cm³/mol. The van der Waals surface area contributed by atoms with Crippen LogP contribution in [-0.2, 0) is 0 Å². The largest absolute Gasteiger partial charge is 0.396 e. The minimum atomic E-state index is 0.256. The zero-order chi connectivity index (χ0) is 12.0. The second kappa shape index (κ2) is 7.54. The molecular formula is C12H21Cl2NO. The van der Waals surface area contributed by atoms with Crippen molar-refractivity contribution in [1.29, 1.82) is 0 Å². The van der Waals surface area contributed by atoms with E-state index in [0.717, 1.165) is 31.4 Å². The van der Waals surface area contributed by atoms with Crippen molar-refractivity contribution in [3.8, 4) is 0 Å². The summed E-state index contributed by atoms with van der Waals surface area (Å²) in [4.78, 5) is 0. The normalized spacial score (nSPS) is 23.2. The molecule has 0 aliphatic heterocycles. The molecule has 1 aliphatic rings. The summed E-state index contributed by atoms with van der Waals surface area (Å²) in [7, 11) is 0. The van der Waals surface area contributed by atoms with Gasteiger partial charge in [0.2, 0.25) is 0 Å². The SMILES string of the molecule is CC(CCO)CNC1CCCCC1=C(Cl)Cl. The maximum atomic E-state index is 8.83. The van der Waals surface area contributed by atoms with E-state index < -0.39 is 0 Å². The van der Waals surface area contributed by atoms with Crippen LogP contribution < -0.4 is 5.32 Å². The molecule has 1 rings (SSSR count). The average molecular weight is 266 g/mol. The van der Waals surface area contributed by atoms with Crippen LogP contribution in [0.4, 0.5) is 0 Å². The smallest absolute Gasteiger partial charge is 0.107 e. The number of halogens is 2. The van der Waals surface area contributed by atoms with Gasteiger partial charge in [-0.25, -0.2) is 0 Å². The van der Waals surface area contributed by atoms with Crippen LogP contribution in [0.1, 0.15) is 39.0 Å². The summed E-state index contributed by atoms with van der Waals surface area (Å²) in [5, 5.41) is 12.3. The van der Waals surface area contributed by atoms with Gasteiger partial charge in [0.15, 0.2) is 0 Å². The minimum Gasteiger partial charge on any atom is -0.396 e. The maximum Gasteiger partial charge on any atom is 0.107 e. The van der Waals surface area contributed by atoms with E-state index in [4.69, 9.17) is 28.3 Å². The molecule has 0 bridgehead atoms. The van der Waals surface area contributed by atoms with Crippen LogP contribution in [0.25, 0.3) is 0 Å². The molecule has 0 saturated heterocycles. The summed E-state index contributed by atoms with van der Waals surface area (Å²) < 4.78 is 0.437. The third-order valence-corrected chi connectivity index (χ3v) is 3.67. The minimum absolute atomic E-state index is 0.256. The Hall–Kier alpha value is 0.240. The van der Waals surface area contributed by atoms with Crippen LogP contribution in [0.2, 0.25) is 0 Å². The van der Waals surface area contributed by atoms with Crippen molar-refractivity contribution in [2.24, 2.45) is 5.92 Å². The van der Waals surface area contributed by atoms with Gasteiger partial charge in [-0.2, -0.15) is 0 Å². The molecule has 1 aliphatic carbocycles. The molecule has 0 aromatic carbocycles. The average Bonchev–Trinajstić information content (AvgIpc) is 2.27. The zero-order valence-electron chi connectivity index (χ0n) is 9.81. The number of hydrogen-bond acceptors (Lipinski definition) is 2. The van der Waals surface area contributed by atoms with Gasteiger partial charge < -0.3 is 10.4 Å². The van der Waals surface area contributed by atoms with Crippen molar-refractivity contribution >= 4 is 23.2 Å². The lowest BCUT2D eigenvalue weighted by atomic mass is 9.90. The van der Waals surface area contributed by atoms with Crippen molar-refractivity contribution in [2.45, 2.75) is 45.1 Å². The van der Waals surface area contributed by atoms with Crippen LogP contribution >= 0.6 is 23.2 Å². The van der Waals surface area contributed by atoms with E-state index >= 15 is 0 Å². The Morgan fingerprint density at radius 2 is 2.25 bits per heavy atom. The van der Waals surface area contributed by atoms with Crippen molar-refractivity contribution < 1.29 is 5.11 Å². The molecule has 94 valence electrons. The predicted octanol–water partition coefficient (Wildman–Crippen LogP) is 3.23. The topological polar surface area (TPSA) is 32.3 Å². The molecule has 4 heteroatoms. The first kappa shape index (κ1) is 14.3. The lowest BCUT2D eigenvalue weighted by Gasteiger charge is -2.27. The third kappa shape index (κ3) is 4.62. The van der Waals surface area contributed by atoms with Gasteiger partial charge in [0, 0.05) is 12.6 Å². The van der Waals surface area contributed by atoms with Crippen molar-refractivity contribution in [3.63, 3.8) is 0 Å². The number of rotatable bonds is 5. The summed E-state index contributed by atoms with van der Waals surface area (Å²) in [5.74, 6) is 0.488. The Balaban J connectivity index is 2.42. The van der Waals surface area contributed by atoms with E-state index in [1.54, 1.807) is 0 Å². The van der Waals surface area contributed by atoms with E-state index in [2.05, 4.69) is 12.2 Å².